The molecule has 0 unspecified atom stereocenters. The molecule has 0 aliphatic rings. The van der Waals surface area contributed by atoms with Gasteiger partial charge in [0.25, 0.3) is 0 Å². The first-order valence-electron chi connectivity index (χ1n) is 5.45. The first-order chi connectivity index (χ1) is 9.11. The fourth-order valence-electron chi connectivity index (χ4n) is 1.66. The number of nitrogens with one attached hydrogen (secondary N) is 1. The van der Waals surface area contributed by atoms with Gasteiger partial charge < -0.3 is 9.84 Å². The maximum absolute atomic E-state index is 11.0. The second kappa shape index (κ2) is 5.18. The van der Waals surface area contributed by atoms with Crippen molar-refractivity contribution >= 4 is 11.4 Å². The van der Waals surface area contributed by atoms with Crippen LogP contribution in [0.5, 0.6) is 0 Å². The van der Waals surface area contributed by atoms with Gasteiger partial charge in [-0.1, -0.05) is 11.2 Å². The minimum absolute atomic E-state index is 0.0174. The van der Waals surface area contributed by atoms with Crippen LogP contribution in [-0.4, -0.2) is 10.1 Å². The van der Waals surface area contributed by atoms with E-state index in [0.717, 1.165) is 5.69 Å². The van der Waals surface area contributed by atoms with Crippen molar-refractivity contribution in [1.82, 2.24) is 5.16 Å². The molecule has 0 aliphatic heterocycles. The normalized spacial score (nSPS) is 9.89. The van der Waals surface area contributed by atoms with Crippen molar-refractivity contribution in [2.45, 2.75) is 13.5 Å². The van der Waals surface area contributed by atoms with Crippen LogP contribution in [-0.2, 0) is 6.54 Å². The summed E-state index contributed by atoms with van der Waals surface area (Å²) in [7, 11) is 0. The van der Waals surface area contributed by atoms with Gasteiger partial charge in [0, 0.05) is 6.07 Å². The molecule has 96 valence electrons. The van der Waals surface area contributed by atoms with Gasteiger partial charge in [0.1, 0.15) is 17.3 Å². The third kappa shape index (κ3) is 2.69. The van der Waals surface area contributed by atoms with E-state index in [1.165, 1.54) is 6.07 Å². The van der Waals surface area contributed by atoms with Crippen molar-refractivity contribution in [2.24, 2.45) is 0 Å². The smallest absolute Gasteiger partial charge is 0.309 e. The zero-order valence-electron chi connectivity index (χ0n) is 10.1. The number of hydrogen-bond acceptors (Lipinski definition) is 6. The van der Waals surface area contributed by atoms with E-state index in [4.69, 9.17) is 9.78 Å². The van der Waals surface area contributed by atoms with E-state index in [2.05, 4.69) is 10.5 Å². The van der Waals surface area contributed by atoms with Gasteiger partial charge >= 0.3 is 5.69 Å². The molecule has 0 radical (unpaired) electrons. The van der Waals surface area contributed by atoms with Gasteiger partial charge in [-0.2, -0.15) is 5.26 Å². The summed E-state index contributed by atoms with van der Waals surface area (Å²) in [5.74, 6) is 0.564. The SMILES string of the molecule is Cc1cc(CNc2cccc(C#N)c2[N+](=O)[O-])on1. The number of aromatic nitrogens is 1. The second-order valence-electron chi connectivity index (χ2n) is 3.86. The Labute approximate surface area is 108 Å². The maximum Gasteiger partial charge on any atom is 0.309 e. The summed E-state index contributed by atoms with van der Waals surface area (Å²) >= 11 is 0. The van der Waals surface area contributed by atoms with Crippen molar-refractivity contribution < 1.29 is 9.45 Å². The van der Waals surface area contributed by atoms with E-state index in [9.17, 15) is 10.1 Å². The number of rotatable bonds is 4. The van der Waals surface area contributed by atoms with Crippen LogP contribution >= 0.6 is 0 Å². The molecule has 1 aromatic heterocycles. The highest BCUT2D eigenvalue weighted by Gasteiger charge is 2.19. The molecule has 2 aromatic rings. The monoisotopic (exact) mass is 258 g/mol. The molecule has 1 aromatic carbocycles. The largest absolute Gasteiger partial charge is 0.372 e. The highest BCUT2D eigenvalue weighted by Crippen LogP contribution is 2.28. The van der Waals surface area contributed by atoms with Crippen molar-refractivity contribution in [2.75, 3.05) is 5.32 Å². The van der Waals surface area contributed by atoms with Crippen LogP contribution < -0.4 is 5.32 Å². The Kier molecular flexibility index (Phi) is 3.43. The number of nitro groups is 1. The van der Waals surface area contributed by atoms with Gasteiger partial charge in [-0.25, -0.2) is 0 Å². The second-order valence-corrected chi connectivity index (χ2v) is 3.86. The van der Waals surface area contributed by atoms with Crippen LogP contribution in [0, 0.1) is 28.4 Å². The van der Waals surface area contributed by atoms with Crippen LogP contribution in [0.15, 0.2) is 28.8 Å². The highest BCUT2D eigenvalue weighted by atomic mass is 16.6. The Morgan fingerprint density at radius 1 is 1.58 bits per heavy atom. The Morgan fingerprint density at radius 3 is 2.95 bits per heavy atom. The molecule has 7 nitrogen and oxygen atoms in total. The van der Waals surface area contributed by atoms with Gasteiger partial charge in [-0.3, -0.25) is 10.1 Å². The molecule has 0 amide bonds. The Hall–Kier alpha value is -2.88. The van der Waals surface area contributed by atoms with E-state index < -0.39 is 4.92 Å². The van der Waals surface area contributed by atoms with E-state index in [0.29, 0.717) is 5.76 Å². The summed E-state index contributed by atoms with van der Waals surface area (Å²) in [6.45, 7) is 2.04. The zero-order valence-corrected chi connectivity index (χ0v) is 10.1. The van der Waals surface area contributed by atoms with Crippen molar-refractivity contribution in [3.8, 4) is 6.07 Å². The molecule has 19 heavy (non-hydrogen) atoms. The molecular weight excluding hydrogens is 248 g/mol. The first kappa shape index (κ1) is 12.6. The average Bonchev–Trinajstić information content (AvgIpc) is 2.81. The summed E-state index contributed by atoms with van der Waals surface area (Å²) in [5, 5.41) is 26.5. The number of nitro benzene ring substituents is 1. The van der Waals surface area contributed by atoms with Crippen molar-refractivity contribution in [1.29, 1.82) is 5.26 Å². The Bertz CT molecular complexity index is 657. The first-order valence-corrected chi connectivity index (χ1v) is 5.45. The lowest BCUT2D eigenvalue weighted by atomic mass is 10.1. The van der Waals surface area contributed by atoms with E-state index >= 15 is 0 Å². The summed E-state index contributed by atoms with van der Waals surface area (Å²) < 4.78 is 5.00. The van der Waals surface area contributed by atoms with Gasteiger partial charge in [0.15, 0.2) is 5.76 Å². The number of benzene rings is 1. The molecule has 0 saturated carbocycles. The molecule has 0 aliphatic carbocycles. The molecule has 1 heterocycles. The minimum atomic E-state index is -0.577. The van der Waals surface area contributed by atoms with Crippen molar-refractivity contribution in [3.05, 3.63) is 51.4 Å². The van der Waals surface area contributed by atoms with Crippen LogP contribution in [0.1, 0.15) is 17.0 Å². The predicted molar refractivity (Wildman–Crippen MR) is 66.4 cm³/mol. The van der Waals surface area contributed by atoms with Gasteiger partial charge in [-0.05, 0) is 19.1 Å². The molecule has 0 bridgehead atoms. The predicted octanol–water partition coefficient (Wildman–Crippen LogP) is 2.38. The van der Waals surface area contributed by atoms with Gasteiger partial charge in [0.05, 0.1) is 17.2 Å². The molecule has 7 heteroatoms. The van der Waals surface area contributed by atoms with Crippen LogP contribution in [0.4, 0.5) is 11.4 Å². The molecule has 0 spiro atoms. The fourth-order valence-corrected chi connectivity index (χ4v) is 1.66. The standard InChI is InChI=1S/C12H10N4O3/c1-8-5-10(19-15-8)7-14-11-4-2-3-9(6-13)12(11)16(17)18/h2-5,14H,7H2,1H3. The highest BCUT2D eigenvalue weighted by molar-refractivity contribution is 5.68. The van der Waals surface area contributed by atoms with Crippen molar-refractivity contribution in [3.63, 3.8) is 0 Å². The zero-order chi connectivity index (χ0) is 13.8. The molecule has 0 saturated heterocycles. The summed E-state index contributed by atoms with van der Waals surface area (Å²) in [6.07, 6.45) is 0. The number of nitrogens with zero attached hydrogens (tertiary/aromatic N) is 3. The minimum Gasteiger partial charge on any atom is -0.372 e. The third-order valence-corrected chi connectivity index (χ3v) is 2.47. The summed E-state index contributed by atoms with van der Waals surface area (Å²) in [4.78, 5) is 10.4. The van der Waals surface area contributed by atoms with E-state index in [1.54, 1.807) is 31.2 Å². The number of hydrogen-bond donors (Lipinski definition) is 1. The maximum atomic E-state index is 11.0. The summed E-state index contributed by atoms with van der Waals surface area (Å²) in [6, 6.07) is 8.06. The van der Waals surface area contributed by atoms with Crippen LogP contribution in [0.25, 0.3) is 0 Å². The summed E-state index contributed by atoms with van der Waals surface area (Å²) in [5.41, 5.74) is 0.792. The lowest BCUT2D eigenvalue weighted by molar-refractivity contribution is -0.384. The molecule has 1 N–H and O–H groups in total. The molecule has 0 atom stereocenters. The molecular formula is C12H10N4O3. The molecule has 2 rings (SSSR count). The number of nitriles is 1. The van der Waals surface area contributed by atoms with Crippen LogP contribution in [0.2, 0.25) is 0 Å². The fraction of sp³-hybridized carbons (Fsp3) is 0.167. The molecule has 0 fully saturated rings. The average molecular weight is 258 g/mol. The van der Waals surface area contributed by atoms with E-state index in [-0.39, 0.29) is 23.5 Å². The lowest BCUT2D eigenvalue weighted by Gasteiger charge is -2.05. The van der Waals surface area contributed by atoms with Crippen LogP contribution in [0.3, 0.4) is 0 Å². The Balaban J connectivity index is 2.25. The third-order valence-electron chi connectivity index (χ3n) is 2.47. The van der Waals surface area contributed by atoms with E-state index in [1.807, 2.05) is 0 Å². The number of aryl methyl sites for hydroxylation is 1. The Morgan fingerprint density at radius 2 is 2.37 bits per heavy atom. The van der Waals surface area contributed by atoms with Gasteiger partial charge in [-0.15, -0.1) is 0 Å². The lowest BCUT2D eigenvalue weighted by Crippen LogP contribution is -2.03. The number of anilines is 1. The quantitative estimate of drug-likeness (QED) is 0.666. The topological polar surface area (TPSA) is 105 Å². The van der Waals surface area contributed by atoms with Gasteiger partial charge in [0.2, 0.25) is 0 Å². The number of para-hydroxylation sites is 1.